The Hall–Kier alpha value is -1.77. The molecule has 2 amide bonds. The van der Waals surface area contributed by atoms with Crippen LogP contribution in [0.1, 0.15) is 46.1 Å². The summed E-state index contributed by atoms with van der Waals surface area (Å²) in [5, 5.41) is 5.66. The Bertz CT molecular complexity index is 462. The molecule has 0 fully saturated rings. The number of benzene rings is 1. The number of para-hydroxylation sites is 1. The topological polar surface area (TPSA) is 41.1 Å². The second-order valence-electron chi connectivity index (χ2n) is 5.38. The lowest BCUT2D eigenvalue weighted by atomic mass is 10.0. The number of hydrogen-bond acceptors (Lipinski definition) is 1. The van der Waals surface area contributed by atoms with Crippen LogP contribution in [0.15, 0.2) is 36.0 Å². The zero-order valence-corrected chi connectivity index (χ0v) is 12.4. The van der Waals surface area contributed by atoms with Crippen LogP contribution in [0.25, 0.3) is 0 Å². The minimum Gasteiger partial charge on any atom is -0.314 e. The van der Waals surface area contributed by atoms with E-state index in [-0.39, 0.29) is 6.03 Å². The van der Waals surface area contributed by atoms with Gasteiger partial charge in [-0.2, -0.15) is 0 Å². The summed E-state index contributed by atoms with van der Waals surface area (Å²) in [7, 11) is 0. The number of carbonyl (C=O) groups excluding carboxylic acids is 1. The van der Waals surface area contributed by atoms with E-state index in [9.17, 15) is 4.79 Å². The number of allylic oxidation sites excluding steroid dienone is 1. The van der Waals surface area contributed by atoms with Gasteiger partial charge in [0.15, 0.2) is 0 Å². The average molecular weight is 260 g/mol. The van der Waals surface area contributed by atoms with Crippen LogP contribution in [0.5, 0.6) is 0 Å². The molecule has 3 heteroatoms. The summed E-state index contributed by atoms with van der Waals surface area (Å²) in [5.74, 6) is 0.813. The maximum absolute atomic E-state index is 11.8. The van der Waals surface area contributed by atoms with Crippen molar-refractivity contribution in [2.24, 2.45) is 5.92 Å². The molecule has 0 unspecified atom stereocenters. The van der Waals surface area contributed by atoms with Gasteiger partial charge in [-0.1, -0.05) is 51.5 Å². The number of rotatable bonds is 4. The van der Waals surface area contributed by atoms with Crippen molar-refractivity contribution in [3.8, 4) is 0 Å². The number of urea groups is 1. The lowest BCUT2D eigenvalue weighted by Crippen LogP contribution is -2.25. The van der Waals surface area contributed by atoms with Gasteiger partial charge >= 0.3 is 6.03 Å². The standard InChI is InChI=1S/C16H24N2O/c1-11(2)13(5)10-17-16(19)18-15-9-7-6-8-14(15)12(3)4/h6-12H,1-5H3,(H2,17,18,19)/b13-10+. The van der Waals surface area contributed by atoms with Crippen LogP contribution in [0.3, 0.4) is 0 Å². The van der Waals surface area contributed by atoms with Gasteiger partial charge in [0.2, 0.25) is 0 Å². The molecule has 0 heterocycles. The van der Waals surface area contributed by atoms with Crippen molar-refractivity contribution in [2.75, 3.05) is 5.32 Å². The summed E-state index contributed by atoms with van der Waals surface area (Å²) < 4.78 is 0. The molecule has 0 atom stereocenters. The van der Waals surface area contributed by atoms with Gasteiger partial charge in [0, 0.05) is 11.9 Å². The second-order valence-corrected chi connectivity index (χ2v) is 5.38. The molecule has 0 radical (unpaired) electrons. The largest absolute Gasteiger partial charge is 0.323 e. The van der Waals surface area contributed by atoms with Gasteiger partial charge in [0.25, 0.3) is 0 Å². The molecule has 1 aromatic rings. The van der Waals surface area contributed by atoms with Crippen molar-refractivity contribution >= 4 is 11.7 Å². The van der Waals surface area contributed by atoms with Gasteiger partial charge in [0.1, 0.15) is 0 Å². The highest BCUT2D eigenvalue weighted by Gasteiger charge is 2.08. The molecule has 0 aliphatic rings. The third-order valence-corrected chi connectivity index (χ3v) is 3.17. The summed E-state index contributed by atoms with van der Waals surface area (Å²) in [6.45, 7) is 10.4. The molecule has 0 bridgehead atoms. The highest BCUT2D eigenvalue weighted by molar-refractivity contribution is 5.90. The molecule has 104 valence electrons. The third-order valence-electron chi connectivity index (χ3n) is 3.17. The van der Waals surface area contributed by atoms with Crippen molar-refractivity contribution in [1.82, 2.24) is 5.32 Å². The molecule has 19 heavy (non-hydrogen) atoms. The Morgan fingerprint density at radius 1 is 1.16 bits per heavy atom. The number of hydrogen-bond donors (Lipinski definition) is 2. The molecule has 0 spiro atoms. The van der Waals surface area contributed by atoms with E-state index in [1.807, 2.05) is 31.2 Å². The van der Waals surface area contributed by atoms with E-state index >= 15 is 0 Å². The number of carbonyl (C=O) groups is 1. The van der Waals surface area contributed by atoms with E-state index in [1.54, 1.807) is 6.20 Å². The number of amides is 2. The van der Waals surface area contributed by atoms with E-state index in [1.165, 1.54) is 0 Å². The summed E-state index contributed by atoms with van der Waals surface area (Å²) in [4.78, 5) is 11.8. The molecular weight excluding hydrogens is 236 g/mol. The molecule has 0 aromatic heterocycles. The Morgan fingerprint density at radius 3 is 2.37 bits per heavy atom. The molecule has 1 rings (SSSR count). The molecule has 1 aromatic carbocycles. The zero-order chi connectivity index (χ0) is 14.4. The first-order valence-electron chi connectivity index (χ1n) is 6.75. The fraction of sp³-hybridized carbons (Fsp3) is 0.438. The SMILES string of the molecule is C/C(=C\NC(=O)Nc1ccccc1C(C)C)C(C)C. The van der Waals surface area contributed by atoms with Crippen LogP contribution in [-0.4, -0.2) is 6.03 Å². The van der Waals surface area contributed by atoms with E-state index in [0.717, 1.165) is 16.8 Å². The number of anilines is 1. The van der Waals surface area contributed by atoms with Crippen molar-refractivity contribution in [3.05, 3.63) is 41.6 Å². The minimum atomic E-state index is -0.201. The first-order chi connectivity index (χ1) is 8.91. The normalized spacial score (nSPS) is 11.8. The lowest BCUT2D eigenvalue weighted by Gasteiger charge is -2.13. The Labute approximate surface area is 116 Å². The second kappa shape index (κ2) is 6.98. The quantitative estimate of drug-likeness (QED) is 0.822. The highest BCUT2D eigenvalue weighted by Crippen LogP contribution is 2.23. The van der Waals surface area contributed by atoms with Crippen LogP contribution in [-0.2, 0) is 0 Å². The summed E-state index contributed by atoms with van der Waals surface area (Å²) in [6, 6.07) is 7.68. The van der Waals surface area contributed by atoms with Crippen molar-refractivity contribution in [3.63, 3.8) is 0 Å². The summed E-state index contributed by atoms with van der Waals surface area (Å²) in [5.41, 5.74) is 3.15. The molecule has 3 nitrogen and oxygen atoms in total. The van der Waals surface area contributed by atoms with Crippen LogP contribution in [0, 0.1) is 5.92 Å². The fourth-order valence-corrected chi connectivity index (χ4v) is 1.62. The van der Waals surface area contributed by atoms with Crippen LogP contribution in [0.2, 0.25) is 0 Å². The van der Waals surface area contributed by atoms with Gasteiger partial charge in [-0.25, -0.2) is 4.79 Å². The zero-order valence-electron chi connectivity index (χ0n) is 12.4. The van der Waals surface area contributed by atoms with Crippen molar-refractivity contribution < 1.29 is 4.79 Å². The predicted octanol–water partition coefficient (Wildman–Crippen LogP) is 4.49. The van der Waals surface area contributed by atoms with Crippen LogP contribution in [0.4, 0.5) is 10.5 Å². The van der Waals surface area contributed by atoms with Gasteiger partial charge < -0.3 is 10.6 Å². The average Bonchev–Trinajstić information content (AvgIpc) is 2.36. The number of nitrogens with one attached hydrogen (secondary N) is 2. The van der Waals surface area contributed by atoms with Gasteiger partial charge in [-0.05, 0) is 30.4 Å². The maximum Gasteiger partial charge on any atom is 0.323 e. The minimum absolute atomic E-state index is 0.201. The smallest absolute Gasteiger partial charge is 0.314 e. The van der Waals surface area contributed by atoms with Gasteiger partial charge in [-0.15, -0.1) is 0 Å². The molecule has 0 aliphatic carbocycles. The first kappa shape index (κ1) is 15.3. The van der Waals surface area contributed by atoms with E-state index in [0.29, 0.717) is 11.8 Å². The van der Waals surface area contributed by atoms with E-state index in [2.05, 4.69) is 38.3 Å². The lowest BCUT2D eigenvalue weighted by molar-refractivity contribution is 0.255. The molecule has 0 saturated heterocycles. The highest BCUT2D eigenvalue weighted by atomic mass is 16.2. The summed E-state index contributed by atoms with van der Waals surface area (Å²) in [6.07, 6.45) is 1.76. The molecule has 2 N–H and O–H groups in total. The summed E-state index contributed by atoms with van der Waals surface area (Å²) >= 11 is 0. The molecule has 0 aliphatic heterocycles. The Balaban J connectivity index is 2.70. The van der Waals surface area contributed by atoms with Crippen molar-refractivity contribution in [2.45, 2.75) is 40.5 Å². The monoisotopic (exact) mass is 260 g/mol. The fourth-order valence-electron chi connectivity index (χ4n) is 1.62. The van der Waals surface area contributed by atoms with Gasteiger partial charge in [0.05, 0.1) is 0 Å². The maximum atomic E-state index is 11.8. The Morgan fingerprint density at radius 2 is 1.79 bits per heavy atom. The predicted molar refractivity (Wildman–Crippen MR) is 81.3 cm³/mol. The van der Waals surface area contributed by atoms with E-state index in [4.69, 9.17) is 0 Å². The Kier molecular flexibility index (Phi) is 5.61. The third kappa shape index (κ3) is 4.78. The van der Waals surface area contributed by atoms with Crippen LogP contribution >= 0.6 is 0 Å². The first-order valence-corrected chi connectivity index (χ1v) is 6.75. The van der Waals surface area contributed by atoms with Gasteiger partial charge in [-0.3, -0.25) is 0 Å². The van der Waals surface area contributed by atoms with Crippen LogP contribution < -0.4 is 10.6 Å². The molecular formula is C16H24N2O. The van der Waals surface area contributed by atoms with E-state index < -0.39 is 0 Å². The molecule has 0 saturated carbocycles. The van der Waals surface area contributed by atoms with Crippen molar-refractivity contribution in [1.29, 1.82) is 0 Å².